The summed E-state index contributed by atoms with van der Waals surface area (Å²) in [4.78, 5) is 5.58. The van der Waals surface area contributed by atoms with Crippen LogP contribution in [0.4, 0.5) is 0 Å². The summed E-state index contributed by atoms with van der Waals surface area (Å²) in [6.45, 7) is 6.13. The summed E-state index contributed by atoms with van der Waals surface area (Å²) in [5.41, 5.74) is 3.83. The Kier molecular flexibility index (Phi) is 4.48. The van der Waals surface area contributed by atoms with Gasteiger partial charge in [0.05, 0.1) is 6.61 Å². The molecule has 19 heavy (non-hydrogen) atoms. The third kappa shape index (κ3) is 3.10. The van der Waals surface area contributed by atoms with Gasteiger partial charge in [-0.05, 0) is 51.6 Å². The highest BCUT2D eigenvalue weighted by Gasteiger charge is 2.10. The van der Waals surface area contributed by atoms with Gasteiger partial charge in [0.2, 0.25) is 0 Å². The predicted octanol–water partition coefficient (Wildman–Crippen LogP) is 3.37. The Morgan fingerprint density at radius 2 is 2.05 bits per heavy atom. The van der Waals surface area contributed by atoms with E-state index in [0.29, 0.717) is 0 Å². The minimum absolute atomic E-state index is 0.782. The Morgan fingerprint density at radius 1 is 1.26 bits per heavy atom. The zero-order valence-electron chi connectivity index (χ0n) is 12.4. The molecule has 1 N–H and O–H groups in total. The number of benzene rings is 1. The van der Waals surface area contributed by atoms with Gasteiger partial charge in [0.15, 0.2) is 0 Å². The van der Waals surface area contributed by atoms with E-state index in [9.17, 15) is 0 Å². The Morgan fingerprint density at radius 3 is 2.74 bits per heavy atom. The minimum atomic E-state index is 0.782. The first-order chi connectivity index (χ1) is 9.13. The maximum atomic E-state index is 5.82. The molecule has 0 fully saturated rings. The van der Waals surface area contributed by atoms with E-state index < -0.39 is 0 Å². The van der Waals surface area contributed by atoms with Gasteiger partial charge in [0.1, 0.15) is 5.75 Å². The van der Waals surface area contributed by atoms with Gasteiger partial charge in [-0.2, -0.15) is 0 Å². The summed E-state index contributed by atoms with van der Waals surface area (Å²) in [5.74, 6) is 1.01. The third-order valence-corrected chi connectivity index (χ3v) is 3.43. The fourth-order valence-corrected chi connectivity index (χ4v) is 2.37. The average Bonchev–Trinajstić information content (AvgIpc) is 2.79. The number of aromatic nitrogens is 1. The van der Waals surface area contributed by atoms with E-state index in [-0.39, 0.29) is 0 Å². The van der Waals surface area contributed by atoms with E-state index in [0.717, 1.165) is 31.7 Å². The molecule has 2 rings (SSSR count). The molecule has 0 radical (unpaired) electrons. The summed E-state index contributed by atoms with van der Waals surface area (Å²) in [7, 11) is 4.22. The van der Waals surface area contributed by atoms with E-state index in [2.05, 4.69) is 56.2 Å². The molecule has 0 unspecified atom stereocenters. The van der Waals surface area contributed by atoms with Gasteiger partial charge in [-0.15, -0.1) is 0 Å². The van der Waals surface area contributed by atoms with Crippen LogP contribution in [0.15, 0.2) is 18.3 Å². The van der Waals surface area contributed by atoms with Gasteiger partial charge in [-0.1, -0.05) is 6.92 Å². The van der Waals surface area contributed by atoms with Crippen LogP contribution in [0.25, 0.3) is 10.9 Å². The molecule has 3 heteroatoms. The van der Waals surface area contributed by atoms with Gasteiger partial charge < -0.3 is 14.6 Å². The number of H-pyrrole nitrogens is 1. The molecule has 104 valence electrons. The van der Waals surface area contributed by atoms with Gasteiger partial charge in [-0.25, -0.2) is 0 Å². The lowest BCUT2D eigenvalue weighted by Crippen LogP contribution is -2.14. The summed E-state index contributed by atoms with van der Waals surface area (Å²) in [6, 6.07) is 4.19. The highest BCUT2D eigenvalue weighted by molar-refractivity contribution is 5.88. The molecule has 2 aromatic rings. The standard InChI is InChI=1S/C16H24N2O/c1-5-10-19-15-7-6-14-16(12(15)2)13(11-17-14)8-9-18(3)4/h6-7,11,17H,5,8-10H2,1-4H3. The quantitative estimate of drug-likeness (QED) is 0.862. The molecule has 3 nitrogen and oxygen atoms in total. The normalized spacial score (nSPS) is 11.4. The smallest absolute Gasteiger partial charge is 0.122 e. The van der Waals surface area contributed by atoms with Gasteiger partial charge >= 0.3 is 0 Å². The van der Waals surface area contributed by atoms with Crippen molar-refractivity contribution in [1.29, 1.82) is 0 Å². The lowest BCUT2D eigenvalue weighted by atomic mass is 10.0. The van der Waals surface area contributed by atoms with Crippen molar-refractivity contribution in [3.8, 4) is 5.75 Å². The Balaban J connectivity index is 2.32. The van der Waals surface area contributed by atoms with Crippen LogP contribution in [-0.4, -0.2) is 37.1 Å². The topological polar surface area (TPSA) is 28.3 Å². The third-order valence-electron chi connectivity index (χ3n) is 3.43. The van der Waals surface area contributed by atoms with Crippen molar-refractivity contribution >= 4 is 10.9 Å². The van der Waals surface area contributed by atoms with Crippen molar-refractivity contribution in [3.63, 3.8) is 0 Å². The second-order valence-electron chi connectivity index (χ2n) is 5.33. The summed E-state index contributed by atoms with van der Waals surface area (Å²) in [6.07, 6.45) is 4.23. The highest BCUT2D eigenvalue weighted by atomic mass is 16.5. The van der Waals surface area contributed by atoms with E-state index >= 15 is 0 Å². The van der Waals surface area contributed by atoms with Crippen LogP contribution in [0, 0.1) is 6.92 Å². The van der Waals surface area contributed by atoms with E-state index in [1.54, 1.807) is 0 Å². The SMILES string of the molecule is CCCOc1ccc2[nH]cc(CCN(C)C)c2c1C. The zero-order valence-corrected chi connectivity index (χ0v) is 12.4. The molecule has 1 aromatic carbocycles. The largest absolute Gasteiger partial charge is 0.493 e. The highest BCUT2D eigenvalue weighted by Crippen LogP contribution is 2.30. The fourth-order valence-electron chi connectivity index (χ4n) is 2.37. The number of aromatic amines is 1. The number of ether oxygens (including phenoxy) is 1. The molecule has 0 spiro atoms. The predicted molar refractivity (Wildman–Crippen MR) is 81.1 cm³/mol. The molecule has 1 aromatic heterocycles. The van der Waals surface area contributed by atoms with Crippen LogP contribution in [0.3, 0.4) is 0 Å². The lowest BCUT2D eigenvalue weighted by molar-refractivity contribution is 0.316. The van der Waals surface area contributed by atoms with Crippen molar-refractivity contribution in [1.82, 2.24) is 9.88 Å². The summed E-state index contributed by atoms with van der Waals surface area (Å²) < 4.78 is 5.82. The molecule has 0 amide bonds. The van der Waals surface area contributed by atoms with Crippen LogP contribution in [0.1, 0.15) is 24.5 Å². The molecule has 0 saturated heterocycles. The van der Waals surface area contributed by atoms with Crippen LogP contribution in [0.5, 0.6) is 5.75 Å². The van der Waals surface area contributed by atoms with Crippen LogP contribution in [0.2, 0.25) is 0 Å². The number of nitrogens with one attached hydrogen (secondary N) is 1. The number of hydrogen-bond donors (Lipinski definition) is 1. The first kappa shape index (κ1) is 13.9. The maximum absolute atomic E-state index is 5.82. The molecule has 0 bridgehead atoms. The Bertz CT molecular complexity index is 543. The molecular weight excluding hydrogens is 236 g/mol. The number of hydrogen-bond acceptors (Lipinski definition) is 2. The molecule has 0 aliphatic heterocycles. The molecule has 0 saturated carbocycles. The van der Waals surface area contributed by atoms with Crippen LogP contribution in [-0.2, 0) is 6.42 Å². The zero-order chi connectivity index (χ0) is 13.8. The van der Waals surface area contributed by atoms with Crippen molar-refractivity contribution in [2.75, 3.05) is 27.2 Å². The van der Waals surface area contributed by atoms with Crippen molar-refractivity contribution in [3.05, 3.63) is 29.5 Å². The number of aryl methyl sites for hydroxylation is 1. The maximum Gasteiger partial charge on any atom is 0.122 e. The molecule has 1 heterocycles. The number of rotatable bonds is 6. The molecular formula is C16H24N2O. The Hall–Kier alpha value is -1.48. The number of nitrogens with zero attached hydrogens (tertiary/aromatic N) is 1. The summed E-state index contributed by atoms with van der Waals surface area (Å²) >= 11 is 0. The summed E-state index contributed by atoms with van der Waals surface area (Å²) in [5, 5.41) is 1.33. The van der Waals surface area contributed by atoms with Crippen molar-refractivity contribution in [2.24, 2.45) is 0 Å². The van der Waals surface area contributed by atoms with Crippen molar-refractivity contribution < 1.29 is 4.74 Å². The van der Waals surface area contributed by atoms with Crippen LogP contribution < -0.4 is 4.74 Å². The van der Waals surface area contributed by atoms with E-state index in [4.69, 9.17) is 4.74 Å². The van der Waals surface area contributed by atoms with Crippen molar-refractivity contribution in [2.45, 2.75) is 26.7 Å². The lowest BCUT2D eigenvalue weighted by Gasteiger charge is -2.11. The van der Waals surface area contributed by atoms with E-state index in [1.165, 1.54) is 22.0 Å². The average molecular weight is 260 g/mol. The van der Waals surface area contributed by atoms with Crippen LogP contribution >= 0.6 is 0 Å². The molecule has 0 atom stereocenters. The fraction of sp³-hybridized carbons (Fsp3) is 0.500. The molecule has 0 aliphatic rings. The second-order valence-corrected chi connectivity index (χ2v) is 5.33. The van der Waals surface area contributed by atoms with Gasteiger partial charge in [0.25, 0.3) is 0 Å². The Labute approximate surface area is 115 Å². The first-order valence-electron chi connectivity index (χ1n) is 7.00. The first-order valence-corrected chi connectivity index (χ1v) is 7.00. The van der Waals surface area contributed by atoms with Gasteiger partial charge in [-0.3, -0.25) is 0 Å². The number of fused-ring (bicyclic) bond motifs is 1. The second kappa shape index (κ2) is 6.11. The molecule has 0 aliphatic carbocycles. The monoisotopic (exact) mass is 260 g/mol. The van der Waals surface area contributed by atoms with Gasteiger partial charge in [0, 0.05) is 29.2 Å². The number of likely N-dealkylation sites (N-methyl/N-ethyl adjacent to an activating group) is 1. The van der Waals surface area contributed by atoms with E-state index in [1.807, 2.05) is 0 Å². The minimum Gasteiger partial charge on any atom is -0.493 e.